The van der Waals surface area contributed by atoms with E-state index in [0.29, 0.717) is 17.5 Å². The molecule has 0 spiro atoms. The number of ether oxygens (including phenoxy) is 1. The van der Waals surface area contributed by atoms with Crippen LogP contribution in [0, 0.1) is 17.7 Å². The lowest BCUT2D eigenvalue weighted by Crippen LogP contribution is -2.60. The van der Waals surface area contributed by atoms with Gasteiger partial charge in [0.05, 0.1) is 35.5 Å². The van der Waals surface area contributed by atoms with Crippen LogP contribution >= 0.6 is 0 Å². The van der Waals surface area contributed by atoms with Crippen LogP contribution in [-0.2, 0) is 4.74 Å². The molecule has 6 atom stereocenters. The van der Waals surface area contributed by atoms with E-state index in [-0.39, 0.29) is 36.8 Å². The fourth-order valence-corrected chi connectivity index (χ4v) is 6.07. The first-order valence-electron chi connectivity index (χ1n) is 12.9. The van der Waals surface area contributed by atoms with Crippen LogP contribution in [0.4, 0.5) is 23.2 Å². The van der Waals surface area contributed by atoms with E-state index in [9.17, 15) is 27.2 Å². The van der Waals surface area contributed by atoms with Crippen molar-refractivity contribution in [1.82, 2.24) is 14.8 Å². The Balaban J connectivity index is 1.46. The third-order valence-corrected chi connectivity index (χ3v) is 8.08. The summed E-state index contributed by atoms with van der Waals surface area (Å²) in [5.74, 6) is -0.965. The lowest BCUT2D eigenvalue weighted by molar-refractivity contribution is 0.00230. The monoisotopic (exact) mass is 536 g/mol. The smallest absolute Gasteiger partial charge is 0.266 e. The van der Waals surface area contributed by atoms with E-state index in [1.165, 1.54) is 35.9 Å². The van der Waals surface area contributed by atoms with E-state index in [2.05, 4.69) is 22.6 Å². The summed E-state index contributed by atoms with van der Waals surface area (Å²) < 4.78 is 62.3. The van der Waals surface area contributed by atoms with Crippen molar-refractivity contribution in [1.29, 1.82) is 0 Å². The van der Waals surface area contributed by atoms with Gasteiger partial charge in [-0.15, -0.1) is 0 Å². The first-order chi connectivity index (χ1) is 18.1. The molecule has 1 saturated carbocycles. The lowest BCUT2D eigenvalue weighted by Gasteiger charge is -2.53. The number of carbonyl (C=O) groups is 1. The highest BCUT2D eigenvalue weighted by Crippen LogP contribution is 2.41. The van der Waals surface area contributed by atoms with Crippen molar-refractivity contribution >= 4 is 11.6 Å². The Labute approximate surface area is 218 Å². The van der Waals surface area contributed by atoms with Crippen molar-refractivity contribution in [2.24, 2.45) is 11.8 Å². The van der Waals surface area contributed by atoms with Crippen LogP contribution in [0.3, 0.4) is 0 Å². The van der Waals surface area contributed by atoms with Gasteiger partial charge >= 0.3 is 0 Å². The van der Waals surface area contributed by atoms with Gasteiger partial charge in [-0.2, -0.15) is 0 Å². The molecule has 2 aliphatic heterocycles. The van der Waals surface area contributed by atoms with E-state index in [0.717, 1.165) is 25.6 Å². The van der Waals surface area contributed by atoms with Crippen LogP contribution < -0.4 is 16.2 Å². The van der Waals surface area contributed by atoms with Crippen LogP contribution in [0.2, 0.25) is 0 Å². The number of benzene rings is 1. The molecule has 3 heterocycles. The third-order valence-electron chi connectivity index (χ3n) is 8.08. The minimum atomic E-state index is -2.99. The Hall–Kier alpha value is -2.92. The summed E-state index contributed by atoms with van der Waals surface area (Å²) in [6.45, 7) is 3.43. The van der Waals surface area contributed by atoms with Crippen molar-refractivity contribution in [3.8, 4) is 0 Å². The van der Waals surface area contributed by atoms with Crippen LogP contribution in [0.15, 0.2) is 35.3 Å². The molecule has 38 heavy (non-hydrogen) atoms. The SMILES string of the molecule is C[C@@H](NC(=O)c1cn([C@@H]2CCOC[C@H]2F)c(=O)cc1NC1[C@@H]2C[C@H]1CN(C)C2)c1cccc(C(F)F)c1F. The molecule has 3 aliphatic rings. The summed E-state index contributed by atoms with van der Waals surface area (Å²) in [7, 11) is 2.06. The van der Waals surface area contributed by atoms with E-state index >= 15 is 0 Å². The average molecular weight is 537 g/mol. The normalized spacial score (nSPS) is 28.0. The van der Waals surface area contributed by atoms with Gasteiger partial charge in [0.25, 0.3) is 17.9 Å². The van der Waals surface area contributed by atoms with Gasteiger partial charge in [0.2, 0.25) is 0 Å². The number of fused-ring (bicyclic) bond motifs is 2. The molecular weight excluding hydrogens is 504 g/mol. The number of halogens is 4. The van der Waals surface area contributed by atoms with Gasteiger partial charge in [-0.3, -0.25) is 9.59 Å². The maximum atomic E-state index is 14.8. The van der Waals surface area contributed by atoms with Crippen molar-refractivity contribution in [3.05, 3.63) is 63.3 Å². The second kappa shape index (κ2) is 10.7. The van der Waals surface area contributed by atoms with E-state index in [4.69, 9.17) is 4.74 Å². The van der Waals surface area contributed by atoms with Crippen LogP contribution in [-0.4, -0.2) is 60.9 Å². The van der Waals surface area contributed by atoms with Crippen molar-refractivity contribution in [3.63, 3.8) is 0 Å². The molecule has 1 aromatic heterocycles. The van der Waals surface area contributed by atoms with E-state index < -0.39 is 47.5 Å². The molecule has 2 bridgehead atoms. The predicted octanol–water partition coefficient (Wildman–Crippen LogP) is 4.08. The molecule has 1 unspecified atom stereocenters. The fraction of sp³-hybridized carbons (Fsp3) is 0.556. The number of nitrogens with one attached hydrogen (secondary N) is 2. The summed E-state index contributed by atoms with van der Waals surface area (Å²) in [5, 5.41) is 6.07. The molecule has 1 aromatic carbocycles. The summed E-state index contributed by atoms with van der Waals surface area (Å²) in [6.07, 6.45) is -1.73. The van der Waals surface area contributed by atoms with Crippen LogP contribution in [0.1, 0.15) is 59.8 Å². The standard InChI is InChI=1S/C27H32F4N4O3/c1-14(17-4-3-5-18(24(17)29)26(30)31)32-27(37)19-12-35(22-6-7-38-13-20(22)28)23(36)9-21(19)33-25-15-8-16(25)11-34(2)10-15/h3-5,9,12,14-16,20,22,25-26,33H,6-8,10-11,13H2,1-2H3,(H,32,37)/t14-,15-,16+,20-,22-,25?/m1/s1. The maximum Gasteiger partial charge on any atom is 0.266 e. The average Bonchev–Trinajstić information content (AvgIpc) is 2.87. The van der Waals surface area contributed by atoms with Gasteiger partial charge in [-0.05, 0) is 38.6 Å². The fourth-order valence-electron chi connectivity index (χ4n) is 6.07. The van der Waals surface area contributed by atoms with Gasteiger partial charge in [0.1, 0.15) is 12.0 Å². The molecule has 2 aromatic rings. The van der Waals surface area contributed by atoms with Gasteiger partial charge in [0.15, 0.2) is 0 Å². The first-order valence-corrected chi connectivity index (χ1v) is 12.9. The summed E-state index contributed by atoms with van der Waals surface area (Å²) in [6, 6.07) is 3.33. The molecule has 206 valence electrons. The minimum absolute atomic E-state index is 0.0798. The highest BCUT2D eigenvalue weighted by molar-refractivity contribution is 5.99. The second-order valence-electron chi connectivity index (χ2n) is 10.7. The predicted molar refractivity (Wildman–Crippen MR) is 134 cm³/mol. The summed E-state index contributed by atoms with van der Waals surface area (Å²) in [5.41, 5.74) is -0.828. The minimum Gasteiger partial charge on any atom is -0.381 e. The number of aromatic nitrogens is 1. The first kappa shape index (κ1) is 26.7. The Morgan fingerprint density at radius 2 is 1.89 bits per heavy atom. The Bertz CT molecular complexity index is 1240. The zero-order chi connectivity index (χ0) is 27.1. The molecule has 1 amide bonds. The van der Waals surface area contributed by atoms with Crippen LogP contribution in [0.5, 0.6) is 0 Å². The lowest BCUT2D eigenvalue weighted by atomic mass is 9.66. The molecule has 7 nitrogen and oxygen atoms in total. The highest BCUT2D eigenvalue weighted by Gasteiger charge is 2.46. The van der Waals surface area contributed by atoms with Crippen LogP contribution in [0.25, 0.3) is 0 Å². The number of piperidine rings is 2. The van der Waals surface area contributed by atoms with Gasteiger partial charge < -0.3 is 24.8 Å². The molecule has 3 fully saturated rings. The van der Waals surface area contributed by atoms with Gasteiger partial charge in [0, 0.05) is 43.6 Å². The van der Waals surface area contributed by atoms with E-state index in [1.54, 1.807) is 0 Å². The highest BCUT2D eigenvalue weighted by atomic mass is 19.3. The maximum absolute atomic E-state index is 14.8. The van der Waals surface area contributed by atoms with Gasteiger partial charge in [-0.1, -0.05) is 18.2 Å². The number of carbonyl (C=O) groups excluding carboxylic acids is 1. The third kappa shape index (κ3) is 5.05. The molecule has 2 N–H and O–H groups in total. The van der Waals surface area contributed by atoms with Gasteiger partial charge in [-0.25, -0.2) is 17.6 Å². The Morgan fingerprint density at radius 1 is 1.18 bits per heavy atom. The van der Waals surface area contributed by atoms with Crippen molar-refractivity contribution in [2.75, 3.05) is 38.7 Å². The molecule has 11 heteroatoms. The molecule has 5 rings (SSSR count). The zero-order valence-corrected chi connectivity index (χ0v) is 21.3. The number of likely N-dealkylation sites (tertiary alicyclic amines) is 1. The second-order valence-corrected chi connectivity index (χ2v) is 10.7. The number of alkyl halides is 3. The summed E-state index contributed by atoms with van der Waals surface area (Å²) in [4.78, 5) is 28.9. The molecule has 1 aliphatic carbocycles. The number of hydrogen-bond donors (Lipinski definition) is 2. The van der Waals surface area contributed by atoms with E-state index in [1.807, 2.05) is 0 Å². The Morgan fingerprint density at radius 3 is 2.58 bits per heavy atom. The topological polar surface area (TPSA) is 75.6 Å². The summed E-state index contributed by atoms with van der Waals surface area (Å²) >= 11 is 0. The molecule has 0 radical (unpaired) electrons. The number of nitrogens with zero attached hydrogens (tertiary/aromatic N) is 2. The molecular formula is C27H32F4N4O3. The number of amides is 1. The number of anilines is 1. The number of rotatable bonds is 7. The number of pyridine rings is 1. The Kier molecular flexibility index (Phi) is 7.50. The quantitative estimate of drug-likeness (QED) is 0.522. The zero-order valence-electron chi connectivity index (χ0n) is 21.3. The number of hydrogen-bond acceptors (Lipinski definition) is 5. The largest absolute Gasteiger partial charge is 0.381 e. The van der Waals surface area contributed by atoms with Crippen molar-refractivity contribution in [2.45, 2.75) is 50.5 Å². The van der Waals surface area contributed by atoms with Crippen molar-refractivity contribution < 1.29 is 27.1 Å². The molecule has 2 saturated heterocycles.